The SMILES string of the molecule is C=C(O)c1ccc(CC(=O)C2c3nn(CC)c(C)c3CCN2C(=O)/C=C/c2c(-n3cnnn3)ccc(Cl)c2F)cc1. The number of amides is 1. The van der Waals surface area contributed by atoms with Crippen LogP contribution in [0.15, 0.2) is 55.4 Å². The van der Waals surface area contributed by atoms with Gasteiger partial charge in [-0.15, -0.1) is 5.10 Å². The first-order valence-corrected chi connectivity index (χ1v) is 13.3. The molecule has 0 radical (unpaired) electrons. The van der Waals surface area contributed by atoms with Crippen LogP contribution in [0.3, 0.4) is 0 Å². The number of ketones is 1. The molecule has 12 heteroatoms. The monoisotopic (exact) mass is 575 g/mol. The predicted molar refractivity (Wildman–Crippen MR) is 151 cm³/mol. The van der Waals surface area contributed by atoms with E-state index in [4.69, 9.17) is 16.7 Å². The molecule has 3 heterocycles. The average molecular weight is 576 g/mol. The van der Waals surface area contributed by atoms with Crippen molar-refractivity contribution in [3.8, 4) is 5.69 Å². The molecule has 1 unspecified atom stereocenters. The Labute approximate surface area is 240 Å². The van der Waals surface area contributed by atoms with Gasteiger partial charge >= 0.3 is 0 Å². The number of rotatable bonds is 8. The highest BCUT2D eigenvalue weighted by Crippen LogP contribution is 2.33. The Morgan fingerprint density at radius 2 is 1.98 bits per heavy atom. The number of aromatic nitrogens is 6. The van der Waals surface area contributed by atoms with Crippen LogP contribution in [0.25, 0.3) is 17.5 Å². The number of aliphatic hydroxyl groups is 1. The van der Waals surface area contributed by atoms with E-state index in [0.29, 0.717) is 35.5 Å². The molecule has 0 bridgehead atoms. The van der Waals surface area contributed by atoms with Crippen molar-refractivity contribution in [3.63, 3.8) is 0 Å². The zero-order chi connectivity index (χ0) is 29.3. The molecular formula is C29H27ClFN7O3. The fourth-order valence-corrected chi connectivity index (χ4v) is 5.23. The molecule has 0 saturated heterocycles. The third-order valence-electron chi connectivity index (χ3n) is 7.19. The summed E-state index contributed by atoms with van der Waals surface area (Å²) in [6.45, 7) is 8.34. The molecule has 0 spiro atoms. The highest BCUT2D eigenvalue weighted by molar-refractivity contribution is 6.31. The van der Waals surface area contributed by atoms with Crippen molar-refractivity contribution >= 4 is 35.1 Å². The summed E-state index contributed by atoms with van der Waals surface area (Å²) in [5.74, 6) is -1.49. The molecule has 1 aliphatic heterocycles. The van der Waals surface area contributed by atoms with Gasteiger partial charge in [-0.1, -0.05) is 42.4 Å². The van der Waals surface area contributed by atoms with Gasteiger partial charge in [0.05, 0.1) is 16.4 Å². The summed E-state index contributed by atoms with van der Waals surface area (Å²) in [7, 11) is 0. The van der Waals surface area contributed by atoms with Gasteiger partial charge in [0.1, 0.15) is 18.1 Å². The summed E-state index contributed by atoms with van der Waals surface area (Å²) >= 11 is 6.03. The van der Waals surface area contributed by atoms with Crippen LogP contribution in [0.2, 0.25) is 5.02 Å². The van der Waals surface area contributed by atoms with E-state index in [1.807, 2.05) is 18.5 Å². The van der Waals surface area contributed by atoms with Gasteiger partial charge in [-0.2, -0.15) is 9.78 Å². The van der Waals surface area contributed by atoms with Gasteiger partial charge in [-0.05, 0) is 54.5 Å². The van der Waals surface area contributed by atoms with Crippen LogP contribution in [0.1, 0.15) is 46.6 Å². The number of halogens is 2. The first kappa shape index (κ1) is 27.9. The lowest BCUT2D eigenvalue weighted by Gasteiger charge is -2.33. The molecule has 0 fully saturated rings. The van der Waals surface area contributed by atoms with E-state index in [9.17, 15) is 14.7 Å². The van der Waals surface area contributed by atoms with E-state index in [2.05, 4.69) is 22.1 Å². The Hall–Kier alpha value is -4.64. The van der Waals surface area contributed by atoms with Crippen molar-refractivity contribution in [2.45, 2.75) is 39.3 Å². The molecule has 2 aromatic heterocycles. The van der Waals surface area contributed by atoms with Crippen LogP contribution in [0, 0.1) is 12.7 Å². The summed E-state index contributed by atoms with van der Waals surface area (Å²) in [6.07, 6.45) is 4.41. The van der Waals surface area contributed by atoms with E-state index < -0.39 is 17.8 Å². The second-order valence-electron chi connectivity index (χ2n) is 9.62. The highest BCUT2D eigenvalue weighted by atomic mass is 35.5. The quantitative estimate of drug-likeness (QED) is 0.243. The molecule has 10 nitrogen and oxygen atoms in total. The second kappa shape index (κ2) is 11.5. The van der Waals surface area contributed by atoms with Gasteiger partial charge in [-0.3, -0.25) is 14.3 Å². The fourth-order valence-electron chi connectivity index (χ4n) is 5.07. The Kier molecular flexibility index (Phi) is 7.80. The van der Waals surface area contributed by atoms with Gasteiger partial charge in [-0.25, -0.2) is 4.39 Å². The average Bonchev–Trinajstić information content (AvgIpc) is 3.61. The van der Waals surface area contributed by atoms with Crippen LogP contribution in [-0.4, -0.2) is 58.2 Å². The number of carbonyl (C=O) groups is 2. The van der Waals surface area contributed by atoms with Gasteiger partial charge in [0, 0.05) is 48.0 Å². The normalized spacial score (nSPS) is 14.8. The second-order valence-corrected chi connectivity index (χ2v) is 10.0. The van der Waals surface area contributed by atoms with Crippen molar-refractivity contribution < 1.29 is 19.1 Å². The minimum Gasteiger partial charge on any atom is -0.508 e. The molecular weight excluding hydrogens is 549 g/mol. The molecule has 5 rings (SSSR count). The lowest BCUT2D eigenvalue weighted by molar-refractivity contribution is -0.136. The summed E-state index contributed by atoms with van der Waals surface area (Å²) in [4.78, 5) is 28.9. The standard InChI is InChI=1S/C29H27ClFN7O3/c1-4-37-17(2)21-13-14-36(29(28(21)33-37)25(40)15-19-5-7-20(8-6-19)18(3)39)26(41)12-9-22-24(38-16-32-34-35-38)11-10-23(30)27(22)31/h5-12,16,29,39H,3-4,13-15H2,1-2H3/b12-9+. The maximum Gasteiger partial charge on any atom is 0.247 e. The topological polar surface area (TPSA) is 119 Å². The van der Waals surface area contributed by atoms with Crippen molar-refractivity contribution in [1.29, 1.82) is 0 Å². The van der Waals surface area contributed by atoms with Crippen LogP contribution in [-0.2, 0) is 29.0 Å². The molecule has 1 N–H and O–H groups in total. The minimum atomic E-state index is -0.932. The summed E-state index contributed by atoms with van der Waals surface area (Å²) < 4.78 is 18.2. The van der Waals surface area contributed by atoms with Crippen LogP contribution < -0.4 is 0 Å². The lowest BCUT2D eigenvalue weighted by atomic mass is 9.91. The number of carbonyl (C=O) groups excluding carboxylic acids is 2. The number of benzene rings is 2. The molecule has 1 aliphatic rings. The number of aliphatic hydroxyl groups excluding tert-OH is 1. The Bertz CT molecular complexity index is 1660. The van der Waals surface area contributed by atoms with E-state index in [0.717, 1.165) is 11.3 Å². The van der Waals surface area contributed by atoms with Gasteiger partial charge in [0.2, 0.25) is 5.91 Å². The zero-order valence-electron chi connectivity index (χ0n) is 22.5. The summed E-state index contributed by atoms with van der Waals surface area (Å²) in [5.41, 5.74) is 4.04. The number of hydrogen-bond donors (Lipinski definition) is 1. The van der Waals surface area contributed by atoms with Crippen molar-refractivity contribution in [2.24, 2.45) is 0 Å². The number of aryl methyl sites for hydroxylation is 1. The molecule has 4 aromatic rings. The Morgan fingerprint density at radius 1 is 1.22 bits per heavy atom. The van der Waals surface area contributed by atoms with E-state index in [-0.39, 0.29) is 35.1 Å². The number of nitrogens with zero attached hydrogens (tertiary/aromatic N) is 7. The molecule has 210 valence electrons. The Morgan fingerprint density at radius 3 is 2.63 bits per heavy atom. The number of fused-ring (bicyclic) bond motifs is 1. The van der Waals surface area contributed by atoms with E-state index in [1.165, 1.54) is 34.1 Å². The van der Waals surface area contributed by atoms with Crippen LogP contribution >= 0.6 is 11.6 Å². The number of Topliss-reactive ketones (excluding diaryl/α,β-unsaturated/α-hetero) is 1. The van der Waals surface area contributed by atoms with Crippen molar-refractivity contribution in [2.75, 3.05) is 6.54 Å². The molecule has 2 aromatic carbocycles. The molecule has 1 atom stereocenters. The first-order chi connectivity index (χ1) is 19.7. The molecule has 0 saturated carbocycles. The summed E-state index contributed by atoms with van der Waals surface area (Å²) in [6, 6.07) is 8.83. The molecule has 41 heavy (non-hydrogen) atoms. The maximum absolute atomic E-state index is 15.1. The zero-order valence-corrected chi connectivity index (χ0v) is 23.2. The Balaban J connectivity index is 1.49. The fraction of sp³-hybridized carbons (Fsp3) is 0.241. The third-order valence-corrected chi connectivity index (χ3v) is 7.48. The smallest absolute Gasteiger partial charge is 0.247 e. The van der Waals surface area contributed by atoms with Crippen LogP contribution in [0.4, 0.5) is 4.39 Å². The lowest BCUT2D eigenvalue weighted by Crippen LogP contribution is -2.43. The van der Waals surface area contributed by atoms with Crippen LogP contribution in [0.5, 0.6) is 0 Å². The third kappa shape index (κ3) is 5.40. The van der Waals surface area contributed by atoms with Gasteiger partial charge in [0.25, 0.3) is 0 Å². The van der Waals surface area contributed by atoms with E-state index >= 15 is 4.39 Å². The highest BCUT2D eigenvalue weighted by Gasteiger charge is 2.38. The van der Waals surface area contributed by atoms with Gasteiger partial charge in [0.15, 0.2) is 11.6 Å². The van der Waals surface area contributed by atoms with Gasteiger partial charge < -0.3 is 10.0 Å². The van der Waals surface area contributed by atoms with E-state index in [1.54, 1.807) is 30.3 Å². The largest absolute Gasteiger partial charge is 0.508 e. The van der Waals surface area contributed by atoms with Crippen molar-refractivity contribution in [3.05, 3.63) is 99.9 Å². The predicted octanol–water partition coefficient (Wildman–Crippen LogP) is 4.46. The number of tetrazole rings is 1. The number of hydrogen-bond acceptors (Lipinski definition) is 7. The first-order valence-electron chi connectivity index (χ1n) is 13.0. The van der Waals surface area contributed by atoms with Crippen molar-refractivity contribution in [1.82, 2.24) is 34.9 Å². The maximum atomic E-state index is 15.1. The summed E-state index contributed by atoms with van der Waals surface area (Å²) in [5, 5.41) is 25.2. The molecule has 0 aliphatic carbocycles. The molecule has 1 amide bonds. The minimum absolute atomic E-state index is 0.0235.